The van der Waals surface area contributed by atoms with E-state index >= 15 is 0 Å². The van der Waals surface area contributed by atoms with Crippen LogP contribution in [0.1, 0.15) is 127 Å². The van der Waals surface area contributed by atoms with Crippen LogP contribution in [0.4, 0.5) is 0 Å². The number of ketones is 1. The fourth-order valence-corrected chi connectivity index (χ4v) is 16.9. The van der Waals surface area contributed by atoms with Crippen molar-refractivity contribution in [3.8, 4) is 17.2 Å². The van der Waals surface area contributed by atoms with E-state index < -0.39 is 38.2 Å². The van der Waals surface area contributed by atoms with Crippen molar-refractivity contribution >= 4 is 147 Å². The van der Waals surface area contributed by atoms with E-state index in [1.54, 1.807) is 19.1 Å². The number of rotatable bonds is 34. The van der Waals surface area contributed by atoms with E-state index in [1.807, 2.05) is 15.2 Å². The number of aromatic hydroxyl groups is 1. The van der Waals surface area contributed by atoms with Crippen LogP contribution in [0.15, 0.2) is 18.2 Å². The van der Waals surface area contributed by atoms with E-state index in [4.69, 9.17) is 122 Å². The second-order valence-electron chi connectivity index (χ2n) is 34.1. The monoisotopic (exact) mass is 1740 g/mol. The number of phenols is 1. The smallest absolute Gasteiger partial charge is 0.316 e. The largest absolute Gasteiger partial charge is 0.504 e. The molecule has 4 aliphatic carbocycles. The number of carbonyl (C=O) groups is 2. The summed E-state index contributed by atoms with van der Waals surface area (Å²) in [6.07, 6.45) is 14.1. The van der Waals surface area contributed by atoms with E-state index in [0.717, 1.165) is 113 Å². The molecule has 0 spiro atoms. The van der Waals surface area contributed by atoms with Gasteiger partial charge in [0.1, 0.15) is 108 Å². The van der Waals surface area contributed by atoms with Crippen LogP contribution in [0.25, 0.3) is 33.1 Å². The van der Waals surface area contributed by atoms with Crippen molar-refractivity contribution < 1.29 is 82.9 Å². The van der Waals surface area contributed by atoms with Crippen molar-refractivity contribution in [1.29, 1.82) is 0 Å². The number of aromatic amines is 1. The van der Waals surface area contributed by atoms with Gasteiger partial charge in [0.25, 0.3) is 0 Å². The van der Waals surface area contributed by atoms with Crippen molar-refractivity contribution in [2.24, 2.45) is 23.7 Å². The van der Waals surface area contributed by atoms with E-state index in [-0.39, 0.29) is 104 Å². The SMILES string of the molecule is CCOC(=O)C1CCCCC1=O.C[Si](C)(C)CCOCOCc1nc2c(O)c(Cl)c(Cl)cc2n1COCC[Si](C)(C)C.C[Si](C)(C)CCOCOCc1nc2c(OC[C@H]3CCCC[C@@H]3O)c(Cl)c(Cl)cc2n1COCC[Si](C)(C)C.OC[C@H]1CCCC[C@@H]1O.OCc1nc2c(OC[C@H]3CCCC[C@@H]3O)c(Cl)c(Cl)cc2[nH]1. The summed E-state index contributed by atoms with van der Waals surface area (Å²) < 4.78 is 55.6. The number of hydrogen-bond donors (Lipinski definition) is 7. The first kappa shape index (κ1) is 96.6. The summed E-state index contributed by atoms with van der Waals surface area (Å²) in [5, 5.41) is 59.7. The molecule has 4 fully saturated rings. The Morgan fingerprint density at radius 1 is 0.514 bits per heavy atom. The van der Waals surface area contributed by atoms with Crippen LogP contribution in [0.3, 0.4) is 0 Å². The lowest BCUT2D eigenvalue weighted by molar-refractivity contribution is -0.152. The molecule has 7 N–H and O–H groups in total. The summed E-state index contributed by atoms with van der Waals surface area (Å²) in [4.78, 5) is 39.0. The quantitative estimate of drug-likeness (QED) is 0.00649. The standard InChI is InChI=1S/C27H46Cl2N2O5Si2.C20H34Cl2N2O4Si2.C15H18Cl2N2O3.C9H14O3.C7H14O2/c1-37(2,3)13-11-33-18-31-22-15-21(28)25(29)27(36-16-20-9-7-8-10-23(20)32)26(22)30-24(31)17-35-19-34-12-14-38(4,5)6;1-29(2,3)9-7-26-13-24-16-11-15(21)18(22)20(25)19(16)23-17(24)12-28-14-27-8-10-30(4,5)6;16-9-5-10-14(19-12(6-20)18-10)15(13(9)17)22-7-8-3-1-2-4-11(8)21;1-2-12-9(11)7-5-3-4-6-8(7)10;8-5-6-3-1-2-4-7(6)9/h15,20,23,32H,7-14,16-19H2,1-6H3;11,25H,7-10,12-14H2,1-6H3;5,8,11,20-21H,1-4,6-7H2,(H,18,19);7H,2-6H2,1H3;6-9H,1-5H2/t20-,23+;;8-,11+;;6-,7+/m1.1.1/s1. The molecule has 0 radical (unpaired) electrons. The van der Waals surface area contributed by atoms with Gasteiger partial charge in [0.15, 0.2) is 17.2 Å². The number of imidazole rings is 3. The van der Waals surface area contributed by atoms with E-state index in [0.29, 0.717) is 149 Å². The van der Waals surface area contributed by atoms with Gasteiger partial charge in [-0.25, -0.2) is 15.0 Å². The van der Waals surface area contributed by atoms with Crippen LogP contribution in [0, 0.1) is 23.7 Å². The van der Waals surface area contributed by atoms with Crippen LogP contribution in [-0.2, 0) is 76.0 Å². The molecule has 3 aromatic heterocycles. The lowest BCUT2D eigenvalue weighted by Crippen LogP contribution is -2.29. The summed E-state index contributed by atoms with van der Waals surface area (Å²) in [6.45, 7) is 34.9. The molecule has 1 unspecified atom stereocenters. The molecule has 0 aliphatic heterocycles. The van der Waals surface area contributed by atoms with Gasteiger partial charge in [0.2, 0.25) is 0 Å². The fraction of sp³-hybridized carbons (Fsp3) is 0.705. The highest BCUT2D eigenvalue weighted by atomic mass is 35.5. The first-order chi connectivity index (χ1) is 52.4. The van der Waals surface area contributed by atoms with Gasteiger partial charge >= 0.3 is 5.97 Å². The Hall–Kier alpha value is -3.22. The van der Waals surface area contributed by atoms with Gasteiger partial charge in [0, 0.05) is 89.5 Å². The van der Waals surface area contributed by atoms with Crippen LogP contribution >= 0.6 is 69.6 Å². The highest BCUT2D eigenvalue weighted by Crippen LogP contribution is 2.43. The lowest BCUT2D eigenvalue weighted by atomic mass is 9.87. The second-order valence-corrected chi connectivity index (χ2v) is 59.0. The summed E-state index contributed by atoms with van der Waals surface area (Å²) in [7, 11) is -4.68. The van der Waals surface area contributed by atoms with Gasteiger partial charge < -0.3 is 87.4 Å². The molecular formula is C78H126Cl6N6O17Si4. The van der Waals surface area contributed by atoms with Gasteiger partial charge in [0.05, 0.1) is 69.8 Å². The molecule has 4 aliphatic rings. The number of hydrogen-bond acceptors (Lipinski definition) is 20. The molecule has 4 saturated carbocycles. The maximum Gasteiger partial charge on any atom is 0.316 e. The van der Waals surface area contributed by atoms with Gasteiger partial charge in [-0.3, -0.25) is 9.59 Å². The third kappa shape index (κ3) is 32.5. The number of halogens is 6. The number of Topliss-reactive ketones (excluding diaryl/α,β-unsaturated/α-hetero) is 1. The van der Waals surface area contributed by atoms with E-state index in [1.165, 1.54) is 6.42 Å². The van der Waals surface area contributed by atoms with Crippen molar-refractivity contribution in [1.82, 2.24) is 29.1 Å². The predicted octanol–water partition coefficient (Wildman–Crippen LogP) is 18.7. The summed E-state index contributed by atoms with van der Waals surface area (Å²) >= 11 is 37.8. The number of nitrogens with zero attached hydrogens (tertiary/aromatic N) is 5. The Labute approximate surface area is 691 Å². The van der Waals surface area contributed by atoms with Gasteiger partial charge in [-0.1, -0.05) is 193 Å². The Bertz CT molecular complexity index is 3830. The number of aromatic nitrogens is 6. The maximum absolute atomic E-state index is 11.2. The molecule has 23 nitrogen and oxygen atoms in total. The van der Waals surface area contributed by atoms with Crippen molar-refractivity contribution in [2.45, 2.75) is 264 Å². The summed E-state index contributed by atoms with van der Waals surface area (Å²) in [5.74, 6) is 2.05. The topological polar surface area (TPSA) is 303 Å². The third-order valence-corrected chi connectivity index (χ3v) is 29.0. The van der Waals surface area contributed by atoms with Gasteiger partial charge in [-0.15, -0.1) is 0 Å². The number of benzene rings is 3. The molecule has 6 aromatic rings. The molecule has 3 aromatic carbocycles. The molecule has 0 saturated heterocycles. The van der Waals surface area contributed by atoms with E-state index in [9.17, 15) is 35.1 Å². The molecule has 10 rings (SSSR count). The minimum Gasteiger partial charge on any atom is -0.504 e. The van der Waals surface area contributed by atoms with Crippen molar-refractivity contribution in [3.63, 3.8) is 0 Å². The number of nitrogens with one attached hydrogen (secondary N) is 1. The fourth-order valence-electron chi connectivity index (χ4n) is 12.8. The van der Waals surface area contributed by atoms with Crippen LogP contribution in [0.5, 0.6) is 17.2 Å². The average Bonchev–Trinajstić information content (AvgIpc) is 1.64. The molecule has 33 heteroatoms. The minimum absolute atomic E-state index is 0.0553. The molecule has 628 valence electrons. The zero-order valence-electron chi connectivity index (χ0n) is 67.7. The van der Waals surface area contributed by atoms with Crippen LogP contribution < -0.4 is 9.47 Å². The highest BCUT2D eigenvalue weighted by Gasteiger charge is 2.32. The first-order valence-corrected chi connectivity index (χ1v) is 56.5. The molecular weight excluding hydrogens is 1620 g/mol. The predicted molar refractivity (Wildman–Crippen MR) is 455 cm³/mol. The average molecular weight is 1740 g/mol. The van der Waals surface area contributed by atoms with Crippen LogP contribution in [0.2, 0.25) is 133 Å². The normalized spacial score (nSPS) is 19.9. The number of esters is 1. The molecule has 111 heavy (non-hydrogen) atoms. The van der Waals surface area contributed by atoms with Gasteiger partial charge in [-0.2, -0.15) is 0 Å². The Kier molecular flexibility index (Phi) is 41.2. The Morgan fingerprint density at radius 3 is 1.34 bits per heavy atom. The maximum atomic E-state index is 11.2. The number of ether oxygens (including phenoxy) is 9. The van der Waals surface area contributed by atoms with Crippen LogP contribution in [-0.4, -0.2) is 189 Å². The highest BCUT2D eigenvalue weighted by molar-refractivity contribution is 6.77. The molecule has 3 heterocycles. The molecule has 0 bridgehead atoms. The zero-order valence-corrected chi connectivity index (χ0v) is 76.2. The summed E-state index contributed by atoms with van der Waals surface area (Å²) in [6, 6.07) is 9.48. The number of carbonyl (C=O) groups excluding carboxylic acids is 2. The number of aliphatic hydroxyl groups is 5. The lowest BCUT2D eigenvalue weighted by Gasteiger charge is -2.27. The Balaban J connectivity index is 0.000000234. The number of phenolic OH excluding ortho intramolecular Hbond substituents is 1. The minimum atomic E-state index is -1.22. The number of fused-ring (bicyclic) bond motifs is 3. The van der Waals surface area contributed by atoms with Crippen molar-refractivity contribution in [3.05, 3.63) is 65.8 Å². The Morgan fingerprint density at radius 2 is 0.919 bits per heavy atom. The summed E-state index contributed by atoms with van der Waals surface area (Å²) in [5.41, 5.74) is 3.66. The first-order valence-electron chi connectivity index (χ1n) is 39.4. The van der Waals surface area contributed by atoms with E-state index in [2.05, 4.69) is 93.5 Å². The number of aliphatic hydroxyl groups excluding tert-OH is 5. The number of H-pyrrole nitrogens is 1. The zero-order chi connectivity index (χ0) is 81.8. The third-order valence-electron chi connectivity index (χ3n) is 19.9. The van der Waals surface area contributed by atoms with Crippen molar-refractivity contribution in [2.75, 3.05) is 66.4 Å². The second kappa shape index (κ2) is 47.4. The molecule has 0 amide bonds. The van der Waals surface area contributed by atoms with Gasteiger partial charge in [-0.05, 0) is 101 Å². The molecule has 7 atom stereocenters.